The van der Waals surface area contributed by atoms with Gasteiger partial charge in [-0.25, -0.2) is 19.5 Å². The van der Waals surface area contributed by atoms with Gasteiger partial charge in [0.05, 0.1) is 36.1 Å². The number of nitrogens with zero attached hydrogens (tertiary/aromatic N) is 4. The number of carbonyl (C=O) groups is 2. The summed E-state index contributed by atoms with van der Waals surface area (Å²) in [5, 5.41) is 5.61. The van der Waals surface area contributed by atoms with Gasteiger partial charge in [0.1, 0.15) is 5.82 Å². The molecular weight excluding hydrogens is 614 g/mol. The van der Waals surface area contributed by atoms with Gasteiger partial charge in [-0.2, -0.15) is 0 Å². The fourth-order valence-electron chi connectivity index (χ4n) is 8.00. The van der Waals surface area contributed by atoms with E-state index in [0.29, 0.717) is 11.7 Å². The second kappa shape index (κ2) is 13.7. The lowest BCUT2D eigenvalue weighted by molar-refractivity contribution is 0.0949. The number of benzene rings is 3. The summed E-state index contributed by atoms with van der Waals surface area (Å²) in [5.74, 6) is 0.733. The number of hydrogen-bond donors (Lipinski definition) is 3. The van der Waals surface area contributed by atoms with Crippen molar-refractivity contribution in [1.29, 1.82) is 0 Å². The van der Waals surface area contributed by atoms with Crippen molar-refractivity contribution in [2.24, 2.45) is 10.7 Å². The summed E-state index contributed by atoms with van der Waals surface area (Å²) in [7, 11) is 1.30. The van der Waals surface area contributed by atoms with Gasteiger partial charge in [-0.1, -0.05) is 30.3 Å². The van der Waals surface area contributed by atoms with Gasteiger partial charge < -0.3 is 25.7 Å². The third-order valence-corrected chi connectivity index (χ3v) is 10.5. The second-order valence-electron chi connectivity index (χ2n) is 14.0. The topological polar surface area (TPSA) is 129 Å². The maximum atomic E-state index is 13.7. The lowest BCUT2D eigenvalue weighted by Crippen LogP contribution is -2.51. The number of H-pyrrole nitrogens is 1. The Kier molecular flexibility index (Phi) is 9.15. The first-order valence-corrected chi connectivity index (χ1v) is 17.7. The molecule has 1 aliphatic carbocycles. The zero-order valence-corrected chi connectivity index (χ0v) is 29.0. The van der Waals surface area contributed by atoms with Crippen molar-refractivity contribution in [3.63, 3.8) is 0 Å². The maximum Gasteiger partial charge on any atom is 0.417 e. The number of rotatable bonds is 6. The van der Waals surface area contributed by atoms with Gasteiger partial charge in [0.15, 0.2) is 0 Å². The first-order valence-electron chi connectivity index (χ1n) is 17.7. The summed E-state index contributed by atoms with van der Waals surface area (Å²) in [5.41, 5.74) is 15.4. The molecule has 4 aromatic rings. The first-order chi connectivity index (χ1) is 23.7. The Balaban J connectivity index is 1.20. The number of imide groups is 1. The molecule has 3 heterocycles. The maximum absolute atomic E-state index is 13.7. The van der Waals surface area contributed by atoms with E-state index in [1.54, 1.807) is 4.90 Å². The molecule has 0 saturated carbocycles. The number of imidazole rings is 1. The number of aromatic amines is 1. The number of likely N-dealkylation sites (tertiary alicyclic amines) is 1. The Morgan fingerprint density at radius 1 is 1.06 bits per heavy atom. The molecule has 4 N–H and O–H groups in total. The van der Waals surface area contributed by atoms with Crippen LogP contribution in [-0.2, 0) is 17.6 Å². The Hall–Kier alpha value is -4.70. The van der Waals surface area contributed by atoms with Crippen LogP contribution in [0.15, 0.2) is 53.7 Å². The molecule has 3 aliphatic rings. The largest absolute Gasteiger partial charge is 0.452 e. The van der Waals surface area contributed by atoms with Gasteiger partial charge in [-0.15, -0.1) is 0 Å². The molecule has 2 saturated heterocycles. The standard InChI is InChI=1S/C39H47N7O3/c1-23(2)45(39(48)49-4)38(47)46-24(3)11-18-35(46)37-43-34-17-13-26-20-25(12-14-29(26)36(34)44-37)28-15-16-32(31-10-6-5-9-30(28)31)33(40)22-41-21-27-8-7-19-42-27/h12-17,20-24,27,35,42H,5-11,18-19,40H2,1-4H3,(H,43,44)/b33-22-,41-21?/t24-,27-,35-/m0/s1. The minimum Gasteiger partial charge on any atom is -0.452 e. The molecule has 3 aromatic carbocycles. The number of fused-ring (bicyclic) bond motifs is 4. The highest BCUT2D eigenvalue weighted by atomic mass is 16.5. The van der Waals surface area contributed by atoms with Crippen LogP contribution in [0.3, 0.4) is 0 Å². The highest BCUT2D eigenvalue weighted by molar-refractivity contribution is 6.05. The molecule has 7 rings (SSSR count). The Morgan fingerprint density at radius 3 is 2.63 bits per heavy atom. The number of amides is 3. The molecule has 0 bridgehead atoms. The number of aliphatic imine (C=N–C) groups is 1. The number of methoxy groups -OCH3 is 1. The van der Waals surface area contributed by atoms with Crippen molar-refractivity contribution in [1.82, 2.24) is 25.1 Å². The molecule has 10 heteroatoms. The summed E-state index contributed by atoms with van der Waals surface area (Å²) in [6.07, 6.45) is 11.4. The highest BCUT2D eigenvalue weighted by Crippen LogP contribution is 2.40. The number of nitrogens with two attached hydrogens (primary N) is 1. The summed E-state index contributed by atoms with van der Waals surface area (Å²) in [4.78, 5) is 42.4. The molecule has 0 radical (unpaired) electrons. The number of ether oxygens (including phenoxy) is 1. The zero-order chi connectivity index (χ0) is 34.2. The van der Waals surface area contributed by atoms with Crippen molar-refractivity contribution in [3.8, 4) is 11.1 Å². The fourth-order valence-corrected chi connectivity index (χ4v) is 8.00. The van der Waals surface area contributed by atoms with E-state index >= 15 is 0 Å². The van der Waals surface area contributed by atoms with Crippen LogP contribution in [0.5, 0.6) is 0 Å². The van der Waals surface area contributed by atoms with Crippen LogP contribution in [0.1, 0.15) is 87.9 Å². The van der Waals surface area contributed by atoms with Crippen molar-refractivity contribution in [2.45, 2.75) is 96.3 Å². The van der Waals surface area contributed by atoms with Crippen LogP contribution in [0.4, 0.5) is 9.59 Å². The van der Waals surface area contributed by atoms with E-state index in [0.717, 1.165) is 84.7 Å². The minimum atomic E-state index is -0.651. The predicted molar refractivity (Wildman–Crippen MR) is 195 cm³/mol. The monoisotopic (exact) mass is 661 g/mol. The van der Waals surface area contributed by atoms with Crippen molar-refractivity contribution >= 4 is 45.8 Å². The molecule has 1 aromatic heterocycles. The number of aromatic nitrogens is 2. The summed E-state index contributed by atoms with van der Waals surface area (Å²) in [6, 6.07) is 14.5. The first kappa shape index (κ1) is 32.8. The van der Waals surface area contributed by atoms with Gasteiger partial charge in [-0.05, 0) is 118 Å². The van der Waals surface area contributed by atoms with Crippen molar-refractivity contribution < 1.29 is 14.3 Å². The van der Waals surface area contributed by atoms with Crippen LogP contribution in [0.2, 0.25) is 0 Å². The summed E-state index contributed by atoms with van der Waals surface area (Å²) in [6.45, 7) is 6.70. The average Bonchev–Trinajstić information content (AvgIpc) is 3.87. The van der Waals surface area contributed by atoms with E-state index in [2.05, 4.69) is 57.8 Å². The van der Waals surface area contributed by atoms with Crippen LogP contribution in [-0.4, -0.2) is 69.9 Å². The van der Waals surface area contributed by atoms with Gasteiger partial charge in [0.2, 0.25) is 0 Å². The summed E-state index contributed by atoms with van der Waals surface area (Å²) < 4.78 is 4.95. The lowest BCUT2D eigenvalue weighted by atomic mass is 9.82. The Labute approximate surface area is 287 Å². The molecule has 0 unspecified atom stereocenters. The molecule has 3 atom stereocenters. The van der Waals surface area contributed by atoms with E-state index < -0.39 is 6.09 Å². The van der Waals surface area contributed by atoms with Gasteiger partial charge in [-0.3, -0.25) is 4.99 Å². The normalized spacial score (nSPS) is 21.3. The minimum absolute atomic E-state index is 0.0407. The fraction of sp³-hybridized carbons (Fsp3) is 0.436. The van der Waals surface area contributed by atoms with E-state index in [4.69, 9.17) is 15.5 Å². The number of urea groups is 1. The average molecular weight is 662 g/mol. The zero-order valence-electron chi connectivity index (χ0n) is 29.0. The number of carbonyl (C=O) groups excluding carboxylic acids is 2. The van der Waals surface area contributed by atoms with Gasteiger partial charge in [0, 0.05) is 35.3 Å². The van der Waals surface area contributed by atoms with Crippen molar-refractivity contribution in [3.05, 3.63) is 71.2 Å². The van der Waals surface area contributed by atoms with E-state index in [1.807, 2.05) is 33.2 Å². The Morgan fingerprint density at radius 2 is 1.88 bits per heavy atom. The van der Waals surface area contributed by atoms with Crippen LogP contribution < -0.4 is 11.1 Å². The van der Waals surface area contributed by atoms with Crippen LogP contribution in [0.25, 0.3) is 38.6 Å². The SMILES string of the molecule is COC(=O)N(C(=O)N1[C@@H](C)CC[C@H]1c1nc2c(ccc3cc(-c4ccc(/C(N)=C/N=C[C@@H]5CCCN5)c5c4CCCC5)ccc32)[nH]1)C(C)C. The van der Waals surface area contributed by atoms with E-state index in [1.165, 1.54) is 40.7 Å². The van der Waals surface area contributed by atoms with E-state index in [9.17, 15) is 9.59 Å². The summed E-state index contributed by atoms with van der Waals surface area (Å²) >= 11 is 0. The molecule has 10 nitrogen and oxygen atoms in total. The molecular formula is C39H47N7O3. The third-order valence-electron chi connectivity index (χ3n) is 10.5. The van der Waals surface area contributed by atoms with Gasteiger partial charge >= 0.3 is 12.1 Å². The number of nitrogens with one attached hydrogen (secondary N) is 2. The predicted octanol–water partition coefficient (Wildman–Crippen LogP) is 7.46. The highest BCUT2D eigenvalue weighted by Gasteiger charge is 2.42. The molecule has 256 valence electrons. The smallest absolute Gasteiger partial charge is 0.417 e. The van der Waals surface area contributed by atoms with Crippen LogP contribution in [0, 0.1) is 0 Å². The third kappa shape index (κ3) is 6.18. The van der Waals surface area contributed by atoms with Gasteiger partial charge in [0.25, 0.3) is 0 Å². The molecule has 2 aliphatic heterocycles. The molecule has 3 amide bonds. The lowest BCUT2D eigenvalue weighted by Gasteiger charge is -2.33. The molecule has 2 fully saturated rings. The molecule has 49 heavy (non-hydrogen) atoms. The van der Waals surface area contributed by atoms with Crippen LogP contribution >= 0.6 is 0 Å². The second-order valence-corrected chi connectivity index (χ2v) is 14.0. The number of hydrogen-bond acceptors (Lipinski definition) is 7. The van der Waals surface area contributed by atoms with Crippen molar-refractivity contribution in [2.75, 3.05) is 13.7 Å². The molecule has 0 spiro atoms. The quantitative estimate of drug-likeness (QED) is 0.184. The van der Waals surface area contributed by atoms with E-state index in [-0.39, 0.29) is 24.2 Å². The Bertz CT molecular complexity index is 1960.